The van der Waals surface area contributed by atoms with Crippen LogP contribution in [-0.4, -0.2) is 46.9 Å². The van der Waals surface area contributed by atoms with E-state index >= 15 is 0 Å². The minimum Gasteiger partial charge on any atom is -0.399 e. The molecule has 1 fully saturated rings. The number of nitrogen functional groups attached to an aromatic ring is 1. The first-order valence-corrected chi connectivity index (χ1v) is 7.49. The molecule has 23 heavy (non-hydrogen) atoms. The number of nitrogens with two attached hydrogens (primary N) is 1. The number of pyridine rings is 1. The van der Waals surface area contributed by atoms with E-state index in [4.69, 9.17) is 5.73 Å². The molecule has 1 amide bonds. The molecule has 5 nitrogen and oxygen atoms in total. The molecule has 2 aromatic rings. The van der Waals surface area contributed by atoms with E-state index in [1.165, 1.54) is 5.56 Å². The minimum absolute atomic E-state index is 0. The van der Waals surface area contributed by atoms with Gasteiger partial charge in [-0.1, -0.05) is 18.2 Å². The van der Waals surface area contributed by atoms with Crippen LogP contribution in [0, 0.1) is 0 Å². The van der Waals surface area contributed by atoms with E-state index in [2.05, 4.69) is 16.0 Å². The Hall–Kier alpha value is -2.11. The predicted molar refractivity (Wildman–Crippen MR) is 93.5 cm³/mol. The normalized spacial score (nSPS) is 15.0. The van der Waals surface area contributed by atoms with Crippen LogP contribution >= 0.6 is 12.4 Å². The van der Waals surface area contributed by atoms with Gasteiger partial charge in [0.2, 0.25) is 0 Å². The highest BCUT2D eigenvalue weighted by atomic mass is 35.5. The van der Waals surface area contributed by atoms with Crippen molar-refractivity contribution in [3.63, 3.8) is 0 Å². The molecule has 1 saturated heterocycles. The zero-order chi connectivity index (χ0) is 15.4. The first kappa shape index (κ1) is 17.2. The summed E-state index contributed by atoms with van der Waals surface area (Å²) in [6, 6.07) is 13.4. The van der Waals surface area contributed by atoms with Crippen LogP contribution in [0.3, 0.4) is 0 Å². The Morgan fingerprint density at radius 2 is 1.87 bits per heavy atom. The average Bonchev–Trinajstić information content (AvgIpc) is 2.56. The summed E-state index contributed by atoms with van der Waals surface area (Å²) in [6.07, 6.45) is 1.66. The van der Waals surface area contributed by atoms with Crippen molar-refractivity contribution in [3.05, 3.63) is 59.9 Å². The van der Waals surface area contributed by atoms with Crippen LogP contribution in [0.15, 0.2) is 48.7 Å². The third-order valence-electron chi connectivity index (χ3n) is 3.90. The molecule has 0 saturated carbocycles. The fraction of sp³-hybridized carbons (Fsp3) is 0.294. The maximum Gasteiger partial charge on any atom is 0.272 e. The minimum atomic E-state index is 0. The highest BCUT2D eigenvalue weighted by molar-refractivity contribution is 5.92. The lowest BCUT2D eigenvalue weighted by Crippen LogP contribution is -2.48. The molecule has 6 heteroatoms. The van der Waals surface area contributed by atoms with Crippen LogP contribution in [0.1, 0.15) is 16.1 Å². The van der Waals surface area contributed by atoms with Gasteiger partial charge in [0.25, 0.3) is 5.91 Å². The van der Waals surface area contributed by atoms with Gasteiger partial charge >= 0.3 is 0 Å². The molecule has 0 aliphatic carbocycles. The van der Waals surface area contributed by atoms with Crippen molar-refractivity contribution < 1.29 is 4.79 Å². The van der Waals surface area contributed by atoms with Crippen LogP contribution in [0.5, 0.6) is 0 Å². The fourth-order valence-electron chi connectivity index (χ4n) is 2.71. The average molecular weight is 333 g/mol. The van der Waals surface area contributed by atoms with Gasteiger partial charge in [0.05, 0.1) is 0 Å². The topological polar surface area (TPSA) is 62.5 Å². The molecule has 0 bridgehead atoms. The van der Waals surface area contributed by atoms with E-state index in [1.54, 1.807) is 12.3 Å². The maximum absolute atomic E-state index is 12.3. The second-order valence-electron chi connectivity index (χ2n) is 5.53. The highest BCUT2D eigenvalue weighted by Crippen LogP contribution is 2.12. The number of anilines is 1. The number of aromatic nitrogens is 1. The van der Waals surface area contributed by atoms with Gasteiger partial charge in [0, 0.05) is 44.6 Å². The molecular formula is C17H21ClN4O. The van der Waals surface area contributed by atoms with E-state index in [-0.39, 0.29) is 18.3 Å². The molecule has 1 aliphatic rings. The van der Waals surface area contributed by atoms with Crippen LogP contribution < -0.4 is 5.73 Å². The number of amides is 1. The molecule has 1 aliphatic heterocycles. The molecule has 2 heterocycles. The summed E-state index contributed by atoms with van der Waals surface area (Å²) in [4.78, 5) is 20.7. The Morgan fingerprint density at radius 3 is 2.52 bits per heavy atom. The van der Waals surface area contributed by atoms with Crippen molar-refractivity contribution in [2.45, 2.75) is 6.54 Å². The zero-order valence-electron chi connectivity index (χ0n) is 12.9. The van der Waals surface area contributed by atoms with Crippen LogP contribution in [-0.2, 0) is 6.54 Å². The van der Waals surface area contributed by atoms with Crippen molar-refractivity contribution >= 4 is 24.0 Å². The molecule has 0 atom stereocenters. The Labute approximate surface area is 142 Å². The standard InChI is InChI=1S/C17H20N4O.ClH/c18-15-5-3-4-14(12-15)13-20-8-10-21(11-9-20)17(22)16-6-1-2-7-19-16;/h1-7,12H,8-11,13,18H2;1H. The number of hydrogen-bond acceptors (Lipinski definition) is 4. The lowest BCUT2D eigenvalue weighted by atomic mass is 10.1. The number of nitrogens with zero attached hydrogens (tertiary/aromatic N) is 3. The van der Waals surface area contributed by atoms with Crippen molar-refractivity contribution in [2.24, 2.45) is 0 Å². The highest BCUT2D eigenvalue weighted by Gasteiger charge is 2.22. The van der Waals surface area contributed by atoms with E-state index < -0.39 is 0 Å². The number of carbonyl (C=O) groups excluding carboxylic acids is 1. The zero-order valence-corrected chi connectivity index (χ0v) is 13.7. The number of halogens is 1. The number of rotatable bonds is 3. The molecule has 122 valence electrons. The summed E-state index contributed by atoms with van der Waals surface area (Å²) in [5, 5.41) is 0. The Morgan fingerprint density at radius 1 is 1.09 bits per heavy atom. The summed E-state index contributed by atoms with van der Waals surface area (Å²) in [7, 11) is 0. The van der Waals surface area contributed by atoms with Crippen molar-refractivity contribution in [1.82, 2.24) is 14.8 Å². The van der Waals surface area contributed by atoms with Crippen molar-refractivity contribution in [1.29, 1.82) is 0 Å². The molecular weight excluding hydrogens is 312 g/mol. The Kier molecular flexibility index (Phi) is 5.96. The Balaban J connectivity index is 0.00000192. The fourth-order valence-corrected chi connectivity index (χ4v) is 2.71. The molecule has 1 aromatic heterocycles. The first-order valence-electron chi connectivity index (χ1n) is 7.49. The van der Waals surface area contributed by atoms with Gasteiger partial charge in [-0.2, -0.15) is 0 Å². The summed E-state index contributed by atoms with van der Waals surface area (Å²) < 4.78 is 0. The van der Waals surface area contributed by atoms with Crippen LogP contribution in [0.2, 0.25) is 0 Å². The van der Waals surface area contributed by atoms with Crippen LogP contribution in [0.25, 0.3) is 0 Å². The number of carbonyl (C=O) groups is 1. The molecule has 2 N–H and O–H groups in total. The van der Waals surface area contributed by atoms with E-state index in [9.17, 15) is 4.79 Å². The van der Waals surface area contributed by atoms with Gasteiger partial charge in [-0.15, -0.1) is 12.4 Å². The summed E-state index contributed by atoms with van der Waals surface area (Å²) in [6.45, 7) is 4.08. The second-order valence-corrected chi connectivity index (χ2v) is 5.53. The van der Waals surface area contributed by atoms with Gasteiger partial charge in [0.15, 0.2) is 0 Å². The SMILES string of the molecule is Cl.Nc1cccc(CN2CCN(C(=O)c3ccccn3)CC2)c1. The second kappa shape index (κ2) is 7.94. The number of hydrogen-bond donors (Lipinski definition) is 1. The van der Waals surface area contributed by atoms with Gasteiger partial charge in [-0.3, -0.25) is 14.7 Å². The number of piperazine rings is 1. The summed E-state index contributed by atoms with van der Waals surface area (Å²) in [5.74, 6) is 0.0178. The summed E-state index contributed by atoms with van der Waals surface area (Å²) in [5.41, 5.74) is 8.34. The van der Waals surface area contributed by atoms with E-state index in [1.807, 2.05) is 35.2 Å². The van der Waals surface area contributed by atoms with Crippen LogP contribution in [0.4, 0.5) is 5.69 Å². The third-order valence-corrected chi connectivity index (χ3v) is 3.90. The molecule has 0 spiro atoms. The van der Waals surface area contributed by atoms with E-state index in [0.717, 1.165) is 38.4 Å². The third kappa shape index (κ3) is 4.43. The maximum atomic E-state index is 12.3. The van der Waals surface area contributed by atoms with Gasteiger partial charge < -0.3 is 10.6 Å². The largest absolute Gasteiger partial charge is 0.399 e. The Bertz CT molecular complexity index is 642. The number of benzene rings is 1. The molecule has 3 rings (SSSR count). The molecule has 1 aromatic carbocycles. The molecule has 0 unspecified atom stereocenters. The van der Waals surface area contributed by atoms with Gasteiger partial charge in [-0.25, -0.2) is 0 Å². The van der Waals surface area contributed by atoms with E-state index in [0.29, 0.717) is 5.69 Å². The van der Waals surface area contributed by atoms with Gasteiger partial charge in [-0.05, 0) is 29.8 Å². The van der Waals surface area contributed by atoms with Crippen molar-refractivity contribution in [2.75, 3.05) is 31.9 Å². The first-order chi connectivity index (χ1) is 10.7. The monoisotopic (exact) mass is 332 g/mol. The summed E-state index contributed by atoms with van der Waals surface area (Å²) >= 11 is 0. The smallest absolute Gasteiger partial charge is 0.272 e. The predicted octanol–water partition coefficient (Wildman–Crippen LogP) is 2.04. The van der Waals surface area contributed by atoms with Crippen molar-refractivity contribution in [3.8, 4) is 0 Å². The molecule has 0 radical (unpaired) electrons. The quantitative estimate of drug-likeness (QED) is 0.874. The van der Waals surface area contributed by atoms with Gasteiger partial charge in [0.1, 0.15) is 5.69 Å². The lowest BCUT2D eigenvalue weighted by Gasteiger charge is -2.34. The lowest BCUT2D eigenvalue weighted by molar-refractivity contribution is 0.0623.